The summed E-state index contributed by atoms with van der Waals surface area (Å²) in [4.78, 5) is 21.4. The van der Waals surface area contributed by atoms with Gasteiger partial charge in [0.15, 0.2) is 5.13 Å². The minimum atomic E-state index is -0.405. The number of thiazole rings is 1. The Kier molecular flexibility index (Phi) is 5.61. The minimum absolute atomic E-state index is 0.0957. The maximum absolute atomic E-state index is 12.6. The number of para-hydroxylation sites is 1. The molecule has 6 nitrogen and oxygen atoms in total. The molecule has 158 valence electrons. The lowest BCUT2D eigenvalue weighted by atomic mass is 9.86. The smallest absolute Gasteiger partial charge is 0.325 e. The van der Waals surface area contributed by atoms with E-state index in [2.05, 4.69) is 47.4 Å². The van der Waals surface area contributed by atoms with Crippen LogP contribution in [-0.2, 0) is 5.41 Å². The van der Waals surface area contributed by atoms with Crippen molar-refractivity contribution in [1.29, 1.82) is 0 Å². The average Bonchev–Trinajstić information content (AvgIpc) is 3.10. The van der Waals surface area contributed by atoms with E-state index >= 15 is 0 Å². The largest absolute Gasteiger partial charge is 0.437 e. The number of carbonyl (C=O) groups excluding carboxylic acids is 1. The van der Waals surface area contributed by atoms with Crippen LogP contribution in [0, 0.1) is 6.92 Å². The number of benzene rings is 2. The third-order valence-electron chi connectivity index (χ3n) is 4.69. The molecule has 2 N–H and O–H groups in total. The Hall–Kier alpha value is -3.45. The van der Waals surface area contributed by atoms with Crippen LogP contribution in [-0.4, -0.2) is 16.0 Å². The Balaban J connectivity index is 1.53. The van der Waals surface area contributed by atoms with E-state index in [0.717, 1.165) is 21.3 Å². The Morgan fingerprint density at radius 1 is 1.03 bits per heavy atom. The van der Waals surface area contributed by atoms with Crippen molar-refractivity contribution in [3.8, 4) is 11.6 Å². The number of nitrogens with one attached hydrogen (secondary N) is 2. The molecule has 0 unspecified atom stereocenters. The molecule has 0 saturated heterocycles. The summed E-state index contributed by atoms with van der Waals surface area (Å²) in [5, 5.41) is 6.15. The molecule has 2 heterocycles. The third-order valence-corrected chi connectivity index (χ3v) is 5.62. The molecule has 7 heteroatoms. The summed E-state index contributed by atoms with van der Waals surface area (Å²) < 4.78 is 7.14. The second-order valence-corrected chi connectivity index (χ2v) is 9.30. The molecular formula is C24H24N4O2S. The lowest BCUT2D eigenvalue weighted by Crippen LogP contribution is -2.20. The molecule has 0 fully saturated rings. The van der Waals surface area contributed by atoms with E-state index in [1.54, 1.807) is 18.3 Å². The van der Waals surface area contributed by atoms with Crippen LogP contribution in [0.25, 0.3) is 10.2 Å². The molecule has 0 spiro atoms. The lowest BCUT2D eigenvalue weighted by molar-refractivity contribution is 0.262. The number of hydrogen-bond acceptors (Lipinski definition) is 5. The van der Waals surface area contributed by atoms with Gasteiger partial charge < -0.3 is 10.1 Å². The molecule has 2 amide bonds. The van der Waals surface area contributed by atoms with Gasteiger partial charge in [0.1, 0.15) is 11.4 Å². The Morgan fingerprint density at radius 2 is 1.84 bits per heavy atom. The first-order chi connectivity index (χ1) is 14.8. The fourth-order valence-corrected chi connectivity index (χ4v) is 4.14. The number of fused-ring (bicyclic) bond motifs is 1. The normalized spacial score (nSPS) is 11.4. The zero-order chi connectivity index (χ0) is 22.0. The third kappa shape index (κ3) is 4.83. The lowest BCUT2D eigenvalue weighted by Gasteiger charge is -2.22. The first-order valence-corrected chi connectivity index (χ1v) is 10.8. The fourth-order valence-electron chi connectivity index (χ4n) is 3.18. The number of rotatable bonds is 4. The number of nitrogens with zero attached hydrogens (tertiary/aromatic N) is 2. The van der Waals surface area contributed by atoms with Crippen LogP contribution in [0.15, 0.2) is 60.8 Å². The highest BCUT2D eigenvalue weighted by Crippen LogP contribution is 2.35. The maximum atomic E-state index is 12.6. The average molecular weight is 433 g/mol. The van der Waals surface area contributed by atoms with Gasteiger partial charge in [-0.15, -0.1) is 0 Å². The highest BCUT2D eigenvalue weighted by molar-refractivity contribution is 7.22. The van der Waals surface area contributed by atoms with Gasteiger partial charge in [-0.05, 0) is 48.2 Å². The minimum Gasteiger partial charge on any atom is -0.437 e. The van der Waals surface area contributed by atoms with E-state index in [1.807, 2.05) is 43.3 Å². The molecule has 4 rings (SSSR count). The highest BCUT2D eigenvalue weighted by atomic mass is 32.1. The van der Waals surface area contributed by atoms with Gasteiger partial charge >= 0.3 is 6.03 Å². The Bertz CT molecular complexity index is 1240. The van der Waals surface area contributed by atoms with Gasteiger partial charge in [-0.25, -0.2) is 14.8 Å². The molecule has 0 bridgehead atoms. The molecule has 0 aliphatic rings. The van der Waals surface area contributed by atoms with E-state index < -0.39 is 6.03 Å². The van der Waals surface area contributed by atoms with Crippen molar-refractivity contribution >= 4 is 38.4 Å². The standard InChI is InChI=1S/C24H24N4O2S/c1-15-11-12-17-20(14-15)31-23(27-17)28-22(29)26-18-9-7-13-25-21(18)30-19-10-6-5-8-16(19)24(2,3)4/h5-14H,1-4H3,(H2,26,27,28,29). The van der Waals surface area contributed by atoms with Gasteiger partial charge in [0.25, 0.3) is 0 Å². The van der Waals surface area contributed by atoms with Gasteiger partial charge in [0.05, 0.1) is 10.2 Å². The number of ether oxygens (including phenoxy) is 1. The van der Waals surface area contributed by atoms with Crippen molar-refractivity contribution in [3.63, 3.8) is 0 Å². The van der Waals surface area contributed by atoms with Crippen molar-refractivity contribution < 1.29 is 9.53 Å². The van der Waals surface area contributed by atoms with E-state index in [-0.39, 0.29) is 5.41 Å². The van der Waals surface area contributed by atoms with Gasteiger partial charge in [0.2, 0.25) is 5.88 Å². The predicted octanol–water partition coefficient (Wildman–Crippen LogP) is 6.73. The molecule has 0 aliphatic heterocycles. The van der Waals surface area contributed by atoms with Crippen molar-refractivity contribution in [2.24, 2.45) is 0 Å². The molecule has 0 aliphatic carbocycles. The van der Waals surface area contributed by atoms with Crippen LogP contribution in [0.4, 0.5) is 15.6 Å². The van der Waals surface area contributed by atoms with Crippen LogP contribution in [0.3, 0.4) is 0 Å². The topological polar surface area (TPSA) is 76.1 Å². The number of anilines is 2. The summed E-state index contributed by atoms with van der Waals surface area (Å²) in [6.45, 7) is 8.40. The van der Waals surface area contributed by atoms with E-state index in [4.69, 9.17) is 4.74 Å². The summed E-state index contributed by atoms with van der Waals surface area (Å²) in [7, 11) is 0. The summed E-state index contributed by atoms with van der Waals surface area (Å²) in [5.74, 6) is 1.04. The van der Waals surface area contributed by atoms with E-state index in [1.165, 1.54) is 11.3 Å². The number of amides is 2. The van der Waals surface area contributed by atoms with Gasteiger partial charge in [0, 0.05) is 11.8 Å². The zero-order valence-corrected chi connectivity index (χ0v) is 18.7. The monoisotopic (exact) mass is 432 g/mol. The number of carbonyl (C=O) groups is 1. The Labute approximate surface area is 185 Å². The van der Waals surface area contributed by atoms with Gasteiger partial charge in [-0.3, -0.25) is 5.32 Å². The number of hydrogen-bond donors (Lipinski definition) is 2. The van der Waals surface area contributed by atoms with Crippen LogP contribution in [0.2, 0.25) is 0 Å². The highest BCUT2D eigenvalue weighted by Gasteiger charge is 2.20. The number of urea groups is 1. The number of pyridine rings is 1. The Morgan fingerprint density at radius 3 is 2.65 bits per heavy atom. The predicted molar refractivity (Wildman–Crippen MR) is 126 cm³/mol. The summed E-state index contributed by atoms with van der Waals surface area (Å²) in [5.41, 5.74) is 3.44. The first kappa shape index (κ1) is 20.8. The van der Waals surface area contributed by atoms with Gasteiger partial charge in [-0.2, -0.15) is 0 Å². The molecule has 2 aromatic carbocycles. The van der Waals surface area contributed by atoms with Crippen molar-refractivity contribution in [2.75, 3.05) is 10.6 Å². The molecule has 0 radical (unpaired) electrons. The fraction of sp³-hybridized carbons (Fsp3) is 0.208. The van der Waals surface area contributed by atoms with Crippen LogP contribution in [0.5, 0.6) is 11.6 Å². The first-order valence-electron chi connectivity index (χ1n) is 9.97. The van der Waals surface area contributed by atoms with E-state index in [0.29, 0.717) is 22.4 Å². The summed E-state index contributed by atoms with van der Waals surface area (Å²) in [6.07, 6.45) is 1.63. The quantitative estimate of drug-likeness (QED) is 0.375. The SMILES string of the molecule is Cc1ccc2nc(NC(=O)Nc3cccnc3Oc3ccccc3C(C)(C)C)sc2c1. The molecular weight excluding hydrogens is 408 g/mol. The summed E-state index contributed by atoms with van der Waals surface area (Å²) >= 11 is 1.43. The number of aryl methyl sites for hydroxylation is 1. The van der Waals surface area contributed by atoms with Crippen molar-refractivity contribution in [2.45, 2.75) is 33.1 Å². The number of aromatic nitrogens is 2. The van der Waals surface area contributed by atoms with Crippen LogP contribution in [0.1, 0.15) is 31.9 Å². The van der Waals surface area contributed by atoms with Crippen molar-refractivity contribution in [1.82, 2.24) is 9.97 Å². The van der Waals surface area contributed by atoms with Crippen molar-refractivity contribution in [3.05, 3.63) is 71.9 Å². The maximum Gasteiger partial charge on any atom is 0.325 e. The van der Waals surface area contributed by atoms with Gasteiger partial charge in [-0.1, -0.05) is 56.4 Å². The molecule has 0 atom stereocenters. The molecule has 4 aromatic rings. The summed E-state index contributed by atoms with van der Waals surface area (Å²) in [6, 6.07) is 16.9. The zero-order valence-electron chi connectivity index (χ0n) is 17.9. The molecule has 0 saturated carbocycles. The van der Waals surface area contributed by atoms with E-state index in [9.17, 15) is 4.79 Å². The van der Waals surface area contributed by atoms with Crippen LogP contribution < -0.4 is 15.4 Å². The molecule has 31 heavy (non-hydrogen) atoms. The second kappa shape index (κ2) is 8.35. The molecule has 2 aromatic heterocycles. The van der Waals surface area contributed by atoms with Crippen LogP contribution >= 0.6 is 11.3 Å². The second-order valence-electron chi connectivity index (χ2n) is 8.27.